The van der Waals surface area contributed by atoms with E-state index in [2.05, 4.69) is 72.2 Å². The molecule has 20 nitrogen and oxygen atoms in total. The summed E-state index contributed by atoms with van der Waals surface area (Å²) in [5.74, 6) is 1.12. The van der Waals surface area contributed by atoms with Gasteiger partial charge in [0, 0.05) is 47.0 Å². The van der Waals surface area contributed by atoms with Crippen molar-refractivity contribution in [1.29, 1.82) is 0 Å². The quantitative estimate of drug-likeness (QED) is 0.0301. The Kier molecular flexibility index (Phi) is 12.5. The van der Waals surface area contributed by atoms with E-state index in [0.29, 0.717) is 11.4 Å². The number of rotatable bonds is 16. The lowest BCUT2D eigenvalue weighted by molar-refractivity contribution is -0.385. The van der Waals surface area contributed by atoms with Crippen molar-refractivity contribution in [1.82, 2.24) is 29.9 Å². The van der Waals surface area contributed by atoms with Crippen LogP contribution in [-0.2, 0) is 0 Å². The molecule has 0 fully saturated rings. The fourth-order valence-electron chi connectivity index (χ4n) is 5.56. The summed E-state index contributed by atoms with van der Waals surface area (Å²) in [5, 5.41) is 43.4. The molecule has 0 bridgehead atoms. The van der Waals surface area contributed by atoms with Crippen molar-refractivity contribution >= 4 is 82.2 Å². The van der Waals surface area contributed by atoms with Crippen LogP contribution < -0.4 is 32.1 Å². The minimum atomic E-state index is -0.472. The van der Waals surface area contributed by atoms with Gasteiger partial charge in [-0.25, -0.2) is 10.9 Å². The second-order valence-electron chi connectivity index (χ2n) is 13.7. The highest BCUT2D eigenvalue weighted by molar-refractivity contribution is 5.84. The number of hydrazone groups is 2. The first-order valence-electron chi connectivity index (χ1n) is 18.8. The van der Waals surface area contributed by atoms with Gasteiger partial charge >= 0.3 is 0 Å². The largest absolute Gasteiger partial charge is 0.324 e. The molecule has 7 rings (SSSR count). The lowest BCUT2D eigenvalue weighted by Crippen LogP contribution is -2.07. The number of aryl methyl sites for hydroxylation is 4. The predicted octanol–water partition coefficient (Wildman–Crippen LogP) is 8.97. The average molecular weight is 831 g/mol. The summed E-state index contributed by atoms with van der Waals surface area (Å²) < 4.78 is 0. The van der Waals surface area contributed by atoms with E-state index in [1.165, 1.54) is 24.3 Å². The Bertz CT molecular complexity index is 2610. The van der Waals surface area contributed by atoms with Crippen LogP contribution in [0.25, 0.3) is 0 Å². The number of hydrogen-bond acceptors (Lipinski definition) is 18. The molecule has 7 aromatic rings. The number of nitro groups is 2. The van der Waals surface area contributed by atoms with Crippen molar-refractivity contribution in [2.24, 2.45) is 10.2 Å². The van der Waals surface area contributed by atoms with Crippen molar-refractivity contribution in [2.45, 2.75) is 27.7 Å². The molecule has 0 aliphatic carbocycles. The summed E-state index contributed by atoms with van der Waals surface area (Å²) in [6, 6.07) is 30.9. The number of nitrogens with zero attached hydrogens (tertiary/aromatic N) is 10. The average Bonchev–Trinajstić information content (AvgIpc) is 3.24. The smallest absolute Gasteiger partial charge is 0.269 e. The Morgan fingerprint density at radius 3 is 1.05 bits per heavy atom. The van der Waals surface area contributed by atoms with Gasteiger partial charge in [-0.1, -0.05) is 36.4 Å². The minimum Gasteiger partial charge on any atom is -0.324 e. The van der Waals surface area contributed by atoms with Gasteiger partial charge in [-0.2, -0.15) is 40.1 Å². The molecule has 0 atom stereocenters. The fourth-order valence-corrected chi connectivity index (χ4v) is 5.56. The lowest BCUT2D eigenvalue weighted by Gasteiger charge is -2.11. The highest BCUT2D eigenvalue weighted by Crippen LogP contribution is 2.24. The van der Waals surface area contributed by atoms with E-state index in [1.807, 2.05) is 88.4 Å². The molecule has 2 heterocycles. The van der Waals surface area contributed by atoms with Crippen LogP contribution in [0.3, 0.4) is 0 Å². The number of anilines is 10. The van der Waals surface area contributed by atoms with Crippen LogP contribution in [0.2, 0.25) is 0 Å². The lowest BCUT2D eigenvalue weighted by atomic mass is 10.1. The van der Waals surface area contributed by atoms with Crippen LogP contribution >= 0.6 is 0 Å². The van der Waals surface area contributed by atoms with Crippen LogP contribution in [0.4, 0.5) is 69.8 Å². The van der Waals surface area contributed by atoms with E-state index in [9.17, 15) is 20.2 Å². The maximum Gasteiger partial charge on any atom is 0.269 e. The van der Waals surface area contributed by atoms with Crippen LogP contribution in [0.5, 0.6) is 0 Å². The summed E-state index contributed by atoms with van der Waals surface area (Å²) in [7, 11) is 0. The molecule has 0 spiro atoms. The molecule has 0 aliphatic heterocycles. The molecule has 0 saturated carbocycles. The van der Waals surface area contributed by atoms with Crippen molar-refractivity contribution in [3.8, 4) is 0 Å². The fraction of sp³-hybridized carbons (Fsp3) is 0.0952. The zero-order valence-corrected chi connectivity index (χ0v) is 33.7. The standard InChI is InChI=1S/C42H38N16O4/c1-25-5-11-33(21-27(25)3)47-39-49-37(45-31-13-17-35(18-14-31)57(59)60)51-41(53-39)55-43-23-29-7-9-30(10-8-29)24-44-56-42-52-38(46-32-15-19-36(20-16-32)58(61)62)50-40(54-42)48-34-12-6-26(2)28(4)22-34/h5-24H,1-4H3,(H3,45,47,49,51,53,55)(H3,46,48,50,52,54,56)/b43-23-,44-24-. The first-order chi connectivity index (χ1) is 29.9. The second kappa shape index (κ2) is 18.8. The van der Waals surface area contributed by atoms with Crippen molar-refractivity contribution in [2.75, 3.05) is 32.1 Å². The minimum absolute atomic E-state index is 0.0426. The highest BCUT2D eigenvalue weighted by atomic mass is 16.6. The van der Waals surface area contributed by atoms with Crippen LogP contribution in [0, 0.1) is 47.9 Å². The van der Waals surface area contributed by atoms with Gasteiger partial charge in [0.05, 0.1) is 22.3 Å². The third-order valence-corrected chi connectivity index (χ3v) is 9.16. The van der Waals surface area contributed by atoms with E-state index in [-0.39, 0.29) is 47.1 Å². The first kappa shape index (κ1) is 41.2. The third kappa shape index (κ3) is 11.2. The first-order valence-corrected chi connectivity index (χ1v) is 18.8. The predicted molar refractivity (Wildman–Crippen MR) is 240 cm³/mol. The molecule has 6 N–H and O–H groups in total. The maximum absolute atomic E-state index is 11.1. The van der Waals surface area contributed by atoms with Crippen molar-refractivity contribution < 1.29 is 9.85 Å². The number of nitrogens with one attached hydrogen (secondary N) is 6. The molecular formula is C42H38N16O4. The topological polar surface area (TPSA) is 261 Å². The van der Waals surface area contributed by atoms with Gasteiger partial charge in [0.1, 0.15) is 0 Å². The molecule has 62 heavy (non-hydrogen) atoms. The van der Waals surface area contributed by atoms with E-state index in [4.69, 9.17) is 0 Å². The molecule has 0 amide bonds. The maximum atomic E-state index is 11.1. The van der Waals surface area contributed by atoms with E-state index < -0.39 is 9.85 Å². The number of benzene rings is 5. The Morgan fingerprint density at radius 1 is 0.419 bits per heavy atom. The number of nitro benzene ring substituents is 2. The number of non-ortho nitro benzene ring substituents is 2. The molecular weight excluding hydrogens is 793 g/mol. The van der Waals surface area contributed by atoms with Gasteiger partial charge < -0.3 is 21.3 Å². The van der Waals surface area contributed by atoms with Gasteiger partial charge in [-0.05, 0) is 110 Å². The Balaban J connectivity index is 1.03. The van der Waals surface area contributed by atoms with Crippen molar-refractivity contribution in [3.63, 3.8) is 0 Å². The van der Waals surface area contributed by atoms with E-state index in [1.54, 1.807) is 36.7 Å². The summed E-state index contributed by atoms with van der Waals surface area (Å²) in [4.78, 5) is 48.1. The van der Waals surface area contributed by atoms with Crippen molar-refractivity contribution in [3.05, 3.63) is 163 Å². The second-order valence-corrected chi connectivity index (χ2v) is 13.7. The van der Waals surface area contributed by atoms with Crippen LogP contribution in [0.1, 0.15) is 33.4 Å². The third-order valence-electron chi connectivity index (χ3n) is 9.16. The Labute approximate surface area is 354 Å². The molecule has 310 valence electrons. The van der Waals surface area contributed by atoms with Crippen LogP contribution in [-0.4, -0.2) is 52.2 Å². The van der Waals surface area contributed by atoms with Gasteiger partial charge in [-0.3, -0.25) is 20.2 Å². The SMILES string of the molecule is Cc1ccc(Nc2nc(N/N=C\c3ccc(/C=N\Nc4nc(Nc5ccc([N+](=O)[O-])cc5)nc(Nc5ccc(C)c(C)c5)n4)cc3)nc(Nc3ccc([N+](=O)[O-])cc3)n2)cc1C. The number of hydrogen-bond donors (Lipinski definition) is 6. The molecule has 2 aromatic heterocycles. The molecule has 0 saturated heterocycles. The number of aromatic nitrogens is 6. The highest BCUT2D eigenvalue weighted by Gasteiger charge is 2.12. The summed E-state index contributed by atoms with van der Waals surface area (Å²) in [6.45, 7) is 8.06. The zero-order valence-electron chi connectivity index (χ0n) is 33.7. The summed E-state index contributed by atoms with van der Waals surface area (Å²) in [6.07, 6.45) is 3.19. The Hall–Kier alpha value is -8.94. The molecule has 0 radical (unpaired) electrons. The normalized spacial score (nSPS) is 11.0. The molecule has 5 aromatic carbocycles. The zero-order chi connectivity index (χ0) is 43.6. The molecule has 20 heteroatoms. The molecule has 0 unspecified atom stereocenters. The Morgan fingerprint density at radius 2 is 0.726 bits per heavy atom. The van der Waals surface area contributed by atoms with E-state index in [0.717, 1.165) is 44.8 Å². The van der Waals surface area contributed by atoms with Gasteiger partial charge in [-0.15, -0.1) is 0 Å². The van der Waals surface area contributed by atoms with Gasteiger partial charge in [0.15, 0.2) is 0 Å². The van der Waals surface area contributed by atoms with E-state index >= 15 is 0 Å². The van der Waals surface area contributed by atoms with Gasteiger partial charge in [0.2, 0.25) is 35.7 Å². The van der Waals surface area contributed by atoms with Gasteiger partial charge in [0.25, 0.3) is 11.4 Å². The summed E-state index contributed by atoms with van der Waals surface area (Å²) in [5.41, 5.74) is 14.2. The van der Waals surface area contributed by atoms with Crippen LogP contribution in [0.15, 0.2) is 119 Å². The monoisotopic (exact) mass is 830 g/mol. The molecule has 0 aliphatic rings. The summed E-state index contributed by atoms with van der Waals surface area (Å²) >= 11 is 0.